The highest BCUT2D eigenvalue weighted by Gasteiger charge is 2.35. The van der Waals surface area contributed by atoms with Gasteiger partial charge in [-0.15, -0.1) is 0 Å². The number of hydrogen-bond donors (Lipinski definition) is 1. The van der Waals surface area contributed by atoms with E-state index < -0.39 is 22.2 Å². The number of carbonyl (C=O) groups is 1. The van der Waals surface area contributed by atoms with Crippen LogP contribution in [0.2, 0.25) is 0 Å². The van der Waals surface area contributed by atoms with Crippen LogP contribution in [0.3, 0.4) is 0 Å². The first-order valence-corrected chi connectivity index (χ1v) is 14.0. The number of carbonyl (C=O) groups excluding carboxylic acids is 1. The van der Waals surface area contributed by atoms with Gasteiger partial charge in [-0.1, -0.05) is 50.3 Å². The quantitative estimate of drug-likeness (QED) is 0.555. The minimum atomic E-state index is -3.75. The molecule has 1 aromatic carbocycles. The number of fused-ring (bicyclic) bond motifs is 1. The van der Waals surface area contributed by atoms with Gasteiger partial charge in [-0.05, 0) is 38.0 Å². The molecule has 37 heavy (non-hydrogen) atoms. The molecule has 200 valence electrons. The Hall–Kier alpha value is -2.93. The second-order valence-electron chi connectivity index (χ2n) is 10.2. The number of ether oxygens (including phenoxy) is 1. The van der Waals surface area contributed by atoms with Crippen molar-refractivity contribution in [2.75, 3.05) is 26.7 Å². The summed E-state index contributed by atoms with van der Waals surface area (Å²) in [5, 5.41) is 9.84. The van der Waals surface area contributed by atoms with Crippen molar-refractivity contribution < 1.29 is 23.1 Å². The van der Waals surface area contributed by atoms with E-state index in [1.807, 2.05) is 13.8 Å². The maximum absolute atomic E-state index is 13.5. The van der Waals surface area contributed by atoms with Crippen LogP contribution in [0.4, 0.5) is 0 Å². The average molecular weight is 528 g/mol. The van der Waals surface area contributed by atoms with E-state index in [1.54, 1.807) is 48.4 Å². The maximum atomic E-state index is 13.5. The second kappa shape index (κ2) is 12.1. The molecule has 1 aromatic heterocycles. The third-order valence-electron chi connectivity index (χ3n) is 6.43. The van der Waals surface area contributed by atoms with Crippen LogP contribution in [0.1, 0.15) is 55.6 Å². The summed E-state index contributed by atoms with van der Waals surface area (Å²) in [6, 6.07) is 7.92. The van der Waals surface area contributed by atoms with Gasteiger partial charge >= 0.3 is 0 Å². The Labute approximate surface area is 220 Å². The number of aromatic nitrogens is 1. The van der Waals surface area contributed by atoms with Gasteiger partial charge in [0.2, 0.25) is 15.9 Å². The Balaban J connectivity index is 1.96. The summed E-state index contributed by atoms with van der Waals surface area (Å²) in [6.07, 6.45) is 1.70. The number of amides is 1. The lowest BCUT2D eigenvalue weighted by molar-refractivity contribution is 0.0373. The van der Waals surface area contributed by atoms with Gasteiger partial charge < -0.3 is 14.7 Å². The molecule has 0 bridgehead atoms. The van der Waals surface area contributed by atoms with Crippen molar-refractivity contribution in [2.24, 2.45) is 11.8 Å². The van der Waals surface area contributed by atoms with Crippen LogP contribution in [0.5, 0.6) is 5.88 Å². The number of pyridine rings is 1. The summed E-state index contributed by atoms with van der Waals surface area (Å²) < 4.78 is 34.0. The normalized spacial score (nSPS) is 18.9. The van der Waals surface area contributed by atoms with E-state index in [0.29, 0.717) is 11.5 Å². The van der Waals surface area contributed by atoms with Gasteiger partial charge in [0.15, 0.2) is 0 Å². The second-order valence-corrected chi connectivity index (χ2v) is 12.2. The van der Waals surface area contributed by atoms with E-state index in [2.05, 4.69) is 30.7 Å². The number of rotatable bonds is 7. The minimum Gasteiger partial charge on any atom is -0.472 e. The highest BCUT2D eigenvalue weighted by atomic mass is 32.2. The van der Waals surface area contributed by atoms with E-state index in [9.17, 15) is 18.3 Å². The highest BCUT2D eigenvalue weighted by Crippen LogP contribution is 2.28. The lowest BCUT2D eigenvalue weighted by Gasteiger charge is -2.37. The van der Waals surface area contributed by atoms with Gasteiger partial charge in [0.25, 0.3) is 5.91 Å². The highest BCUT2D eigenvalue weighted by molar-refractivity contribution is 7.89. The summed E-state index contributed by atoms with van der Waals surface area (Å²) in [5.41, 5.74) is 1.81. The number of likely N-dealkylation sites (N-methyl/N-ethyl adjacent to an activating group) is 1. The molecule has 1 amide bonds. The Bertz CT molecular complexity index is 1260. The monoisotopic (exact) mass is 527 g/mol. The lowest BCUT2D eigenvalue weighted by Crippen LogP contribution is -2.50. The molecule has 2 heterocycles. The van der Waals surface area contributed by atoms with Crippen molar-refractivity contribution in [1.29, 1.82) is 0 Å². The molecular formula is C28H37N3O5S. The van der Waals surface area contributed by atoms with E-state index in [0.717, 1.165) is 12.0 Å². The first-order chi connectivity index (χ1) is 17.4. The number of benzene rings is 1. The van der Waals surface area contributed by atoms with Crippen LogP contribution in [-0.2, 0) is 10.0 Å². The predicted molar refractivity (Wildman–Crippen MR) is 143 cm³/mol. The smallest absolute Gasteiger partial charge is 0.259 e. The van der Waals surface area contributed by atoms with Crippen LogP contribution in [0.25, 0.3) is 0 Å². The lowest BCUT2D eigenvalue weighted by atomic mass is 10.00. The van der Waals surface area contributed by atoms with E-state index in [4.69, 9.17) is 4.74 Å². The maximum Gasteiger partial charge on any atom is 0.259 e. The van der Waals surface area contributed by atoms with Crippen molar-refractivity contribution in [3.63, 3.8) is 0 Å². The Morgan fingerprint density at radius 2 is 1.92 bits per heavy atom. The van der Waals surface area contributed by atoms with Crippen molar-refractivity contribution in [3.05, 3.63) is 53.2 Å². The molecule has 0 fully saturated rings. The zero-order valence-corrected chi connectivity index (χ0v) is 23.2. The van der Waals surface area contributed by atoms with Crippen molar-refractivity contribution in [2.45, 2.75) is 58.1 Å². The molecule has 0 saturated heterocycles. The third-order valence-corrected chi connectivity index (χ3v) is 8.27. The molecule has 0 unspecified atom stereocenters. The molecule has 0 spiro atoms. The predicted octanol–water partition coefficient (Wildman–Crippen LogP) is 3.33. The first kappa shape index (κ1) is 28.6. The van der Waals surface area contributed by atoms with Crippen LogP contribution in [-0.4, -0.2) is 72.5 Å². The fraction of sp³-hybridized carbons (Fsp3) is 0.500. The number of aliphatic hydroxyl groups excluding tert-OH is 1. The zero-order chi connectivity index (χ0) is 27.3. The summed E-state index contributed by atoms with van der Waals surface area (Å²) in [4.78, 5) is 19.7. The summed E-state index contributed by atoms with van der Waals surface area (Å²) in [7, 11) is -2.23. The molecule has 9 heteroatoms. The summed E-state index contributed by atoms with van der Waals surface area (Å²) >= 11 is 0. The molecule has 0 radical (unpaired) electrons. The van der Waals surface area contributed by atoms with Crippen molar-refractivity contribution in [3.8, 4) is 17.7 Å². The SMILES string of the molecule is Cc1ccc(S(=O)(=O)N(C)C[C@H]2Oc3ncc(C#CCC(C)C)cc3C(=O)N([C@@H](C)CO)C[C@H]2C)cc1. The molecule has 3 rings (SSSR count). The Morgan fingerprint density at radius 1 is 1.24 bits per heavy atom. The number of aryl methyl sites for hydroxylation is 1. The molecule has 0 saturated carbocycles. The van der Waals surface area contributed by atoms with Crippen LogP contribution in [0, 0.1) is 30.6 Å². The van der Waals surface area contributed by atoms with Gasteiger partial charge in [0.05, 0.1) is 24.1 Å². The molecule has 1 aliphatic rings. The fourth-order valence-electron chi connectivity index (χ4n) is 3.99. The van der Waals surface area contributed by atoms with Crippen LogP contribution in [0.15, 0.2) is 41.4 Å². The number of sulfonamides is 1. The first-order valence-electron chi connectivity index (χ1n) is 12.5. The standard InChI is InChI=1S/C28H37N3O5S/c1-19(2)8-7-9-23-14-25-27(29-15-23)36-26(21(4)16-31(28(25)33)22(5)18-32)17-30(6)37(34,35)24-12-10-20(3)11-13-24/h10-15,19,21-22,26,32H,8,16-18H2,1-6H3/t21-,22+,26-/m1/s1. The molecule has 0 aliphatic carbocycles. The van der Waals surface area contributed by atoms with E-state index >= 15 is 0 Å². The molecule has 1 N–H and O–H groups in total. The Morgan fingerprint density at radius 3 is 2.54 bits per heavy atom. The molecule has 8 nitrogen and oxygen atoms in total. The summed E-state index contributed by atoms with van der Waals surface area (Å²) in [6.45, 7) is 9.87. The van der Waals surface area contributed by atoms with Crippen LogP contribution < -0.4 is 4.74 Å². The number of nitrogens with zero attached hydrogens (tertiary/aromatic N) is 3. The van der Waals surface area contributed by atoms with Crippen LogP contribution >= 0.6 is 0 Å². The zero-order valence-electron chi connectivity index (χ0n) is 22.4. The fourth-order valence-corrected chi connectivity index (χ4v) is 5.17. The molecular weight excluding hydrogens is 490 g/mol. The van der Waals surface area contributed by atoms with Gasteiger partial charge in [-0.25, -0.2) is 13.4 Å². The van der Waals surface area contributed by atoms with Gasteiger partial charge in [-0.3, -0.25) is 4.79 Å². The molecule has 3 atom stereocenters. The molecule has 1 aliphatic heterocycles. The van der Waals surface area contributed by atoms with E-state index in [1.165, 1.54) is 11.4 Å². The minimum absolute atomic E-state index is 0.0595. The average Bonchev–Trinajstić information content (AvgIpc) is 2.85. The van der Waals surface area contributed by atoms with Gasteiger partial charge in [0.1, 0.15) is 11.7 Å². The van der Waals surface area contributed by atoms with Crippen molar-refractivity contribution in [1.82, 2.24) is 14.2 Å². The third kappa shape index (κ3) is 6.89. The topological polar surface area (TPSA) is 100 Å². The Kier molecular flexibility index (Phi) is 9.35. The van der Waals surface area contributed by atoms with Gasteiger partial charge in [-0.2, -0.15) is 4.31 Å². The van der Waals surface area contributed by atoms with E-state index in [-0.39, 0.29) is 47.9 Å². The number of hydrogen-bond acceptors (Lipinski definition) is 6. The van der Waals surface area contributed by atoms with Gasteiger partial charge in [0, 0.05) is 37.7 Å². The number of aliphatic hydroxyl groups is 1. The molecule has 2 aromatic rings. The van der Waals surface area contributed by atoms with Crippen molar-refractivity contribution >= 4 is 15.9 Å². The summed E-state index contributed by atoms with van der Waals surface area (Å²) in [5.74, 6) is 6.17. The largest absolute Gasteiger partial charge is 0.472 e.